The lowest BCUT2D eigenvalue weighted by molar-refractivity contribution is -0.00874. The Morgan fingerprint density at radius 3 is 2.16 bits per heavy atom. The van der Waals surface area contributed by atoms with Crippen LogP contribution in [0.3, 0.4) is 0 Å². The fourth-order valence-corrected chi connectivity index (χ4v) is 2.32. The Kier molecular flexibility index (Phi) is 3.16. The van der Waals surface area contributed by atoms with Crippen LogP contribution in [0.25, 0.3) is 10.8 Å². The molecular weight excluding hydrogens is 232 g/mol. The first-order valence-corrected chi connectivity index (χ1v) is 6.49. The molecule has 2 rings (SSSR count). The molecule has 1 unspecified atom stereocenters. The molecule has 2 aromatic rings. The maximum Gasteiger partial charge on any atom is 0.155 e. The third kappa shape index (κ3) is 2.25. The Morgan fingerprint density at radius 2 is 1.58 bits per heavy atom. The Bertz CT molecular complexity index is 655. The van der Waals surface area contributed by atoms with Crippen molar-refractivity contribution in [2.24, 2.45) is 5.41 Å². The highest BCUT2D eigenvalue weighted by Crippen LogP contribution is 2.39. The molecule has 1 heteroatoms. The van der Waals surface area contributed by atoms with Gasteiger partial charge in [-0.05, 0) is 29.3 Å². The summed E-state index contributed by atoms with van der Waals surface area (Å²) >= 11 is 0. The monoisotopic (exact) mass is 252 g/mol. The molecule has 0 saturated carbocycles. The summed E-state index contributed by atoms with van der Waals surface area (Å²) in [7, 11) is 0. The number of hydrogen-bond acceptors (Lipinski definition) is 1. The third-order valence-electron chi connectivity index (χ3n) is 3.71. The van der Waals surface area contributed by atoms with Crippen molar-refractivity contribution >= 4 is 10.8 Å². The summed E-state index contributed by atoms with van der Waals surface area (Å²) in [6, 6.07) is 12.2. The van der Waals surface area contributed by atoms with Gasteiger partial charge in [0.2, 0.25) is 0 Å². The maximum absolute atomic E-state index is 10.8. The maximum atomic E-state index is 10.8. The average Bonchev–Trinajstić information content (AvgIpc) is 2.35. The van der Waals surface area contributed by atoms with Crippen molar-refractivity contribution < 1.29 is 5.11 Å². The second-order valence-electron chi connectivity index (χ2n) is 6.17. The zero-order valence-corrected chi connectivity index (χ0v) is 12.0. The van der Waals surface area contributed by atoms with E-state index < -0.39 is 11.0 Å². The second-order valence-corrected chi connectivity index (χ2v) is 6.17. The van der Waals surface area contributed by atoms with E-state index >= 15 is 0 Å². The molecule has 0 aliphatic rings. The van der Waals surface area contributed by atoms with Gasteiger partial charge in [0.15, 0.2) is 5.60 Å². The average molecular weight is 252 g/mol. The summed E-state index contributed by atoms with van der Waals surface area (Å²) in [6.45, 7) is 7.92. The number of rotatable bonds is 1. The van der Waals surface area contributed by atoms with Gasteiger partial charge in [0.1, 0.15) is 0 Å². The summed E-state index contributed by atoms with van der Waals surface area (Å²) in [5.41, 5.74) is 0.328. The van der Waals surface area contributed by atoms with Crippen LogP contribution in [0.15, 0.2) is 36.4 Å². The van der Waals surface area contributed by atoms with E-state index in [2.05, 4.69) is 31.0 Å². The van der Waals surface area contributed by atoms with Crippen molar-refractivity contribution in [2.45, 2.75) is 33.3 Å². The van der Waals surface area contributed by atoms with Crippen molar-refractivity contribution in [2.75, 3.05) is 0 Å². The van der Waals surface area contributed by atoms with Crippen LogP contribution in [0, 0.1) is 24.7 Å². The number of fused-ring (bicyclic) bond motifs is 1. The number of benzene rings is 2. The minimum absolute atomic E-state index is 0.417. The molecule has 1 N–H and O–H groups in total. The lowest BCUT2D eigenvalue weighted by atomic mass is 9.72. The van der Waals surface area contributed by atoms with Crippen molar-refractivity contribution in [3.05, 3.63) is 47.5 Å². The zero-order valence-electron chi connectivity index (χ0n) is 12.0. The van der Waals surface area contributed by atoms with E-state index in [0.717, 1.165) is 16.3 Å². The van der Waals surface area contributed by atoms with Crippen molar-refractivity contribution in [1.82, 2.24) is 0 Å². The fraction of sp³-hybridized carbons (Fsp3) is 0.333. The second kappa shape index (κ2) is 4.40. The topological polar surface area (TPSA) is 20.2 Å². The molecule has 0 heterocycles. The van der Waals surface area contributed by atoms with Crippen LogP contribution < -0.4 is 0 Å². The molecule has 0 aliphatic heterocycles. The highest BCUT2D eigenvalue weighted by atomic mass is 16.3. The molecule has 0 amide bonds. The fourth-order valence-electron chi connectivity index (χ4n) is 2.32. The van der Waals surface area contributed by atoms with Gasteiger partial charge in [0, 0.05) is 5.41 Å². The van der Waals surface area contributed by atoms with Crippen LogP contribution in [0.5, 0.6) is 0 Å². The van der Waals surface area contributed by atoms with Gasteiger partial charge < -0.3 is 5.11 Å². The van der Waals surface area contributed by atoms with Gasteiger partial charge in [0.05, 0.1) is 0 Å². The van der Waals surface area contributed by atoms with Gasteiger partial charge in [-0.1, -0.05) is 62.6 Å². The molecule has 0 fully saturated rings. The van der Waals surface area contributed by atoms with Gasteiger partial charge in [-0.3, -0.25) is 0 Å². The summed E-state index contributed by atoms with van der Waals surface area (Å²) in [5, 5.41) is 13.1. The molecule has 0 aromatic heterocycles. The molecule has 0 spiro atoms. The molecule has 0 saturated heterocycles. The molecule has 98 valence electrons. The molecule has 0 aliphatic carbocycles. The zero-order chi connectivity index (χ0) is 14.3. The summed E-state index contributed by atoms with van der Waals surface area (Å²) in [5.74, 6) is 2.57. The van der Waals surface area contributed by atoms with Gasteiger partial charge >= 0.3 is 0 Å². The Labute approximate surface area is 115 Å². The standard InChI is InChI=1S/C18H20O/c1-6-18(19,17(3,4)5)16-10-9-14-11-13(2)7-8-15(14)12-16/h1,7-12,19H,2-5H3. The van der Waals surface area contributed by atoms with Crippen molar-refractivity contribution in [3.63, 3.8) is 0 Å². The molecule has 2 aromatic carbocycles. The van der Waals surface area contributed by atoms with Gasteiger partial charge in [0.25, 0.3) is 0 Å². The highest BCUT2D eigenvalue weighted by molar-refractivity contribution is 5.84. The molecule has 1 nitrogen and oxygen atoms in total. The van der Waals surface area contributed by atoms with Crippen LogP contribution in [0.2, 0.25) is 0 Å². The minimum Gasteiger partial charge on any atom is -0.373 e. The van der Waals surface area contributed by atoms with Gasteiger partial charge in [-0.2, -0.15) is 0 Å². The normalized spacial score (nSPS) is 14.9. The molecular formula is C18H20O. The van der Waals surface area contributed by atoms with Gasteiger partial charge in [-0.15, -0.1) is 6.42 Å². The van der Waals surface area contributed by atoms with Crippen LogP contribution in [0.4, 0.5) is 0 Å². The number of hydrogen-bond donors (Lipinski definition) is 1. The lowest BCUT2D eigenvalue weighted by Crippen LogP contribution is -2.38. The quantitative estimate of drug-likeness (QED) is 0.760. The van der Waals surface area contributed by atoms with Crippen molar-refractivity contribution in [1.29, 1.82) is 0 Å². The first kappa shape index (κ1) is 13.6. The molecule has 0 bridgehead atoms. The predicted molar refractivity (Wildman–Crippen MR) is 80.9 cm³/mol. The summed E-state index contributed by atoms with van der Waals surface area (Å²) in [6.07, 6.45) is 5.59. The minimum atomic E-state index is -1.26. The Hall–Kier alpha value is -1.78. The first-order chi connectivity index (χ1) is 8.78. The molecule has 1 atom stereocenters. The lowest BCUT2D eigenvalue weighted by Gasteiger charge is -2.36. The van der Waals surface area contributed by atoms with E-state index in [1.807, 2.05) is 39.0 Å². The molecule has 0 radical (unpaired) electrons. The van der Waals surface area contributed by atoms with E-state index in [4.69, 9.17) is 6.42 Å². The van der Waals surface area contributed by atoms with E-state index in [1.54, 1.807) is 0 Å². The smallest absolute Gasteiger partial charge is 0.155 e. The molecule has 19 heavy (non-hydrogen) atoms. The predicted octanol–water partition coefficient (Wildman–Crippen LogP) is 4.02. The SMILES string of the molecule is C#CC(O)(c1ccc2cc(C)ccc2c1)C(C)(C)C. The van der Waals surface area contributed by atoms with Crippen LogP contribution in [0.1, 0.15) is 31.9 Å². The van der Waals surface area contributed by atoms with Crippen molar-refractivity contribution in [3.8, 4) is 12.3 Å². The van der Waals surface area contributed by atoms with E-state index in [-0.39, 0.29) is 0 Å². The summed E-state index contributed by atoms with van der Waals surface area (Å²) < 4.78 is 0. The van der Waals surface area contributed by atoms with Crippen LogP contribution >= 0.6 is 0 Å². The van der Waals surface area contributed by atoms with Crippen LogP contribution in [-0.2, 0) is 5.60 Å². The number of aryl methyl sites for hydroxylation is 1. The van der Waals surface area contributed by atoms with E-state index in [0.29, 0.717) is 0 Å². The first-order valence-electron chi connectivity index (χ1n) is 6.49. The van der Waals surface area contributed by atoms with Gasteiger partial charge in [-0.25, -0.2) is 0 Å². The van der Waals surface area contributed by atoms with E-state index in [9.17, 15) is 5.11 Å². The summed E-state index contributed by atoms with van der Waals surface area (Å²) in [4.78, 5) is 0. The number of terminal acetylenes is 1. The van der Waals surface area contributed by atoms with E-state index in [1.165, 1.54) is 5.56 Å². The number of aliphatic hydroxyl groups is 1. The largest absolute Gasteiger partial charge is 0.373 e. The third-order valence-corrected chi connectivity index (χ3v) is 3.71. The highest BCUT2D eigenvalue weighted by Gasteiger charge is 2.40. The Balaban J connectivity index is 2.64. The Morgan fingerprint density at radius 1 is 1.00 bits per heavy atom. The van der Waals surface area contributed by atoms with Crippen LogP contribution in [-0.4, -0.2) is 5.11 Å².